The number of hydrogen-bond acceptors (Lipinski definition) is 9. The number of methoxy groups -OCH3 is 2. The van der Waals surface area contributed by atoms with Crippen LogP contribution < -0.4 is 11.5 Å². The molecular weight excluding hydrogens is 434 g/mol. The van der Waals surface area contributed by atoms with Gasteiger partial charge in [-0.15, -0.1) is 0 Å². The lowest BCUT2D eigenvalue weighted by atomic mass is 10.1. The molecule has 1 aliphatic carbocycles. The molecule has 1 amide bonds. The van der Waals surface area contributed by atoms with Gasteiger partial charge in [0, 0.05) is 12.1 Å². The third-order valence-electron chi connectivity index (χ3n) is 5.04. The molecule has 4 rings (SSSR count). The first kappa shape index (κ1) is 23.3. The summed E-state index contributed by atoms with van der Waals surface area (Å²) in [7, 11) is 2.53. The van der Waals surface area contributed by atoms with Crippen molar-refractivity contribution in [1.29, 1.82) is 0 Å². The second-order valence-corrected chi connectivity index (χ2v) is 7.02. The monoisotopic (exact) mass is 455 g/mol. The van der Waals surface area contributed by atoms with Crippen LogP contribution in [0, 0.1) is 0 Å². The lowest BCUT2D eigenvalue weighted by Gasteiger charge is -2.05. The standard InChI is InChI=1S/C11H13NO2.C10H8N4O5/c1-14-11(13)8-2-4-9-7(6-8)3-5-10(9)12;1-19-10(18)5-2-4(9(16)17)13-8-6(7(11)15)12-3-14(5)8/h2,4,6,10H,3,5,12H2,1H3;2-3H,1H3,(H2,11,15)(H,16,17)/t10-;/m0./s1. The van der Waals surface area contributed by atoms with Gasteiger partial charge in [-0.05, 0) is 36.1 Å². The van der Waals surface area contributed by atoms with Crippen LogP contribution in [-0.4, -0.2) is 57.5 Å². The third-order valence-corrected chi connectivity index (χ3v) is 5.04. The maximum Gasteiger partial charge on any atom is 0.355 e. The molecule has 0 bridgehead atoms. The van der Waals surface area contributed by atoms with Crippen LogP contribution in [0.25, 0.3) is 5.65 Å². The molecule has 0 unspecified atom stereocenters. The zero-order valence-corrected chi connectivity index (χ0v) is 17.8. The van der Waals surface area contributed by atoms with Crippen LogP contribution in [0.4, 0.5) is 0 Å². The van der Waals surface area contributed by atoms with Crippen molar-refractivity contribution in [2.45, 2.75) is 18.9 Å². The Morgan fingerprint density at radius 3 is 2.42 bits per heavy atom. The van der Waals surface area contributed by atoms with Gasteiger partial charge < -0.3 is 26.0 Å². The van der Waals surface area contributed by atoms with E-state index in [1.54, 1.807) is 6.07 Å². The number of nitrogens with zero attached hydrogens (tertiary/aromatic N) is 3. The Morgan fingerprint density at radius 2 is 1.82 bits per heavy atom. The maximum absolute atomic E-state index is 11.6. The van der Waals surface area contributed by atoms with Crippen LogP contribution in [0.3, 0.4) is 0 Å². The van der Waals surface area contributed by atoms with Crippen molar-refractivity contribution in [3.8, 4) is 0 Å². The van der Waals surface area contributed by atoms with E-state index in [1.807, 2.05) is 12.1 Å². The highest BCUT2D eigenvalue weighted by atomic mass is 16.5. The number of aromatic carboxylic acids is 1. The molecule has 1 aromatic carbocycles. The number of carbonyl (C=O) groups is 4. The van der Waals surface area contributed by atoms with Gasteiger partial charge in [-0.25, -0.2) is 24.4 Å². The molecule has 12 nitrogen and oxygen atoms in total. The maximum atomic E-state index is 11.6. The molecule has 3 aromatic rings. The lowest BCUT2D eigenvalue weighted by Crippen LogP contribution is -2.15. The number of hydrogen-bond donors (Lipinski definition) is 3. The summed E-state index contributed by atoms with van der Waals surface area (Å²) in [6.07, 6.45) is 3.07. The van der Waals surface area contributed by atoms with E-state index in [2.05, 4.69) is 19.4 Å². The number of carboxylic acids is 1. The van der Waals surface area contributed by atoms with E-state index < -0.39 is 23.5 Å². The Labute approximate surface area is 187 Å². The molecule has 5 N–H and O–H groups in total. The molecule has 1 atom stereocenters. The molecule has 0 saturated heterocycles. The number of carboxylic acid groups (broad SMARTS) is 1. The molecular formula is C21H21N5O7. The molecule has 0 radical (unpaired) electrons. The number of nitrogens with two attached hydrogens (primary N) is 2. The summed E-state index contributed by atoms with van der Waals surface area (Å²) in [6.45, 7) is 0. The van der Waals surface area contributed by atoms with Gasteiger partial charge in [-0.3, -0.25) is 9.20 Å². The van der Waals surface area contributed by atoms with Crippen molar-refractivity contribution in [2.24, 2.45) is 11.5 Å². The predicted octanol–water partition coefficient (Wildman–Crippen LogP) is 0.732. The predicted molar refractivity (Wildman–Crippen MR) is 113 cm³/mol. The van der Waals surface area contributed by atoms with Crippen LogP contribution >= 0.6 is 0 Å². The molecule has 172 valence electrons. The zero-order valence-electron chi connectivity index (χ0n) is 17.8. The van der Waals surface area contributed by atoms with E-state index in [0.29, 0.717) is 5.56 Å². The van der Waals surface area contributed by atoms with Gasteiger partial charge >= 0.3 is 17.9 Å². The SMILES string of the molecule is COC(=O)c1cc(C(=O)O)nc2c(C(N)=O)ncn12.COC(=O)c1ccc2c(c1)CC[C@@H]2N. The number of benzene rings is 1. The van der Waals surface area contributed by atoms with E-state index in [-0.39, 0.29) is 29.0 Å². The Kier molecular flexibility index (Phi) is 6.68. The first-order valence-electron chi connectivity index (χ1n) is 9.64. The molecule has 2 aromatic heterocycles. The highest BCUT2D eigenvalue weighted by molar-refractivity contribution is 5.99. The molecule has 2 heterocycles. The Hall–Kier alpha value is -4.32. The Morgan fingerprint density at radius 1 is 1.12 bits per heavy atom. The van der Waals surface area contributed by atoms with Gasteiger partial charge in [0.15, 0.2) is 17.0 Å². The molecule has 0 spiro atoms. The number of aromatic nitrogens is 3. The number of carbonyl (C=O) groups excluding carboxylic acids is 3. The Balaban J connectivity index is 0.000000194. The fourth-order valence-corrected chi connectivity index (χ4v) is 3.41. The fourth-order valence-electron chi connectivity index (χ4n) is 3.41. The number of ether oxygens (including phenoxy) is 2. The molecule has 1 aliphatic rings. The van der Waals surface area contributed by atoms with E-state index >= 15 is 0 Å². The summed E-state index contributed by atoms with van der Waals surface area (Å²) in [6, 6.07) is 6.74. The van der Waals surface area contributed by atoms with Crippen molar-refractivity contribution in [3.63, 3.8) is 0 Å². The fraction of sp³-hybridized carbons (Fsp3) is 0.238. The van der Waals surface area contributed by atoms with Gasteiger partial charge in [0.05, 0.1) is 19.8 Å². The van der Waals surface area contributed by atoms with Crippen molar-refractivity contribution in [3.05, 3.63) is 64.4 Å². The zero-order chi connectivity index (χ0) is 24.3. The van der Waals surface area contributed by atoms with Gasteiger partial charge in [0.2, 0.25) is 0 Å². The summed E-state index contributed by atoms with van der Waals surface area (Å²) in [4.78, 5) is 52.3. The minimum absolute atomic E-state index is 0.118. The number of fused-ring (bicyclic) bond motifs is 2. The van der Waals surface area contributed by atoms with E-state index in [0.717, 1.165) is 42.3 Å². The van der Waals surface area contributed by atoms with Gasteiger partial charge in [0.1, 0.15) is 12.0 Å². The first-order valence-corrected chi connectivity index (χ1v) is 9.64. The summed E-state index contributed by atoms with van der Waals surface area (Å²) in [5, 5.41) is 8.93. The minimum Gasteiger partial charge on any atom is -0.477 e. The van der Waals surface area contributed by atoms with E-state index in [4.69, 9.17) is 16.6 Å². The highest BCUT2D eigenvalue weighted by Gasteiger charge is 2.22. The third kappa shape index (κ3) is 4.65. The average Bonchev–Trinajstić information content (AvgIpc) is 3.41. The van der Waals surface area contributed by atoms with Crippen molar-refractivity contribution < 1.29 is 33.8 Å². The number of aryl methyl sites for hydroxylation is 1. The number of rotatable bonds is 4. The quantitative estimate of drug-likeness (QED) is 0.473. The van der Waals surface area contributed by atoms with Gasteiger partial charge in [0.25, 0.3) is 5.91 Å². The second kappa shape index (κ2) is 9.44. The minimum atomic E-state index is -1.36. The van der Waals surface area contributed by atoms with Crippen LogP contribution in [-0.2, 0) is 15.9 Å². The topological polar surface area (TPSA) is 189 Å². The molecule has 0 aliphatic heterocycles. The molecule has 12 heteroatoms. The van der Waals surface area contributed by atoms with Crippen molar-refractivity contribution in [1.82, 2.24) is 14.4 Å². The normalized spacial score (nSPS) is 14.1. The number of esters is 2. The molecule has 0 saturated carbocycles. The van der Waals surface area contributed by atoms with Crippen LogP contribution in [0.5, 0.6) is 0 Å². The Bertz CT molecular complexity index is 1270. The summed E-state index contributed by atoms with van der Waals surface area (Å²) < 4.78 is 10.3. The molecule has 0 fully saturated rings. The summed E-state index contributed by atoms with van der Waals surface area (Å²) in [5.41, 5.74) is 13.0. The second-order valence-electron chi connectivity index (χ2n) is 7.02. The summed E-state index contributed by atoms with van der Waals surface area (Å²) >= 11 is 0. The van der Waals surface area contributed by atoms with E-state index in [9.17, 15) is 19.2 Å². The lowest BCUT2D eigenvalue weighted by molar-refractivity contribution is 0.0586. The van der Waals surface area contributed by atoms with Gasteiger partial charge in [-0.1, -0.05) is 6.07 Å². The largest absolute Gasteiger partial charge is 0.477 e. The van der Waals surface area contributed by atoms with Crippen LogP contribution in [0.2, 0.25) is 0 Å². The number of primary amides is 1. The average molecular weight is 455 g/mol. The number of amides is 1. The highest BCUT2D eigenvalue weighted by Crippen LogP contribution is 2.29. The van der Waals surface area contributed by atoms with Crippen LogP contribution in [0.15, 0.2) is 30.6 Å². The van der Waals surface area contributed by atoms with Crippen molar-refractivity contribution in [2.75, 3.05) is 14.2 Å². The van der Waals surface area contributed by atoms with E-state index in [1.165, 1.54) is 12.7 Å². The first-order chi connectivity index (χ1) is 15.7. The van der Waals surface area contributed by atoms with Crippen LogP contribution in [0.1, 0.15) is 65.4 Å². The van der Waals surface area contributed by atoms with Crippen molar-refractivity contribution >= 4 is 29.5 Å². The number of imidazole rings is 1. The summed E-state index contributed by atoms with van der Waals surface area (Å²) in [5.74, 6) is -3.31. The molecule has 33 heavy (non-hydrogen) atoms. The smallest absolute Gasteiger partial charge is 0.355 e. The van der Waals surface area contributed by atoms with Gasteiger partial charge in [-0.2, -0.15) is 0 Å².